The summed E-state index contributed by atoms with van der Waals surface area (Å²) in [4.78, 5) is 13.1. The van der Waals surface area contributed by atoms with Crippen molar-refractivity contribution in [2.24, 2.45) is 5.92 Å². The van der Waals surface area contributed by atoms with Crippen LogP contribution in [0.15, 0.2) is 59.4 Å². The van der Waals surface area contributed by atoms with Gasteiger partial charge in [0.15, 0.2) is 0 Å². The molecule has 3 heterocycles. The molecule has 2 aliphatic rings. The van der Waals surface area contributed by atoms with Gasteiger partial charge in [-0.15, -0.1) is 0 Å². The number of hydrogen-bond donors (Lipinski definition) is 1. The summed E-state index contributed by atoms with van der Waals surface area (Å²) in [5, 5.41) is 5.89. The second kappa shape index (κ2) is 5.32. The van der Waals surface area contributed by atoms with E-state index >= 15 is 0 Å². The van der Waals surface area contributed by atoms with Crippen molar-refractivity contribution in [1.82, 2.24) is 9.88 Å². The summed E-state index contributed by atoms with van der Waals surface area (Å²) < 4.78 is 2.03. The van der Waals surface area contributed by atoms with E-state index in [4.69, 9.17) is 0 Å². The van der Waals surface area contributed by atoms with Gasteiger partial charge in [-0.3, -0.25) is 4.79 Å². The molecule has 3 aromatic rings. The Morgan fingerprint density at radius 1 is 0.958 bits per heavy atom. The van der Waals surface area contributed by atoms with Crippen molar-refractivity contribution in [2.75, 3.05) is 13.1 Å². The standard InChI is InChI=1S/C21H20N2O/c24-21-19(17-6-5-15-3-1-2-4-16(15)10-17)7-8-20-18-9-14(11-22-12-18)13-23(20)21/h1-8,10,14,18,22H,9,11-13H2. The van der Waals surface area contributed by atoms with Crippen LogP contribution in [0.25, 0.3) is 21.9 Å². The zero-order valence-corrected chi connectivity index (χ0v) is 13.5. The van der Waals surface area contributed by atoms with Gasteiger partial charge in [0.25, 0.3) is 5.56 Å². The van der Waals surface area contributed by atoms with Crippen LogP contribution in [0.4, 0.5) is 0 Å². The lowest BCUT2D eigenvalue weighted by atomic mass is 9.84. The Kier molecular flexibility index (Phi) is 3.10. The summed E-state index contributed by atoms with van der Waals surface area (Å²) >= 11 is 0. The molecule has 5 rings (SSSR count). The van der Waals surface area contributed by atoms with E-state index in [1.165, 1.54) is 22.9 Å². The smallest absolute Gasteiger partial charge is 0.258 e. The van der Waals surface area contributed by atoms with Crippen molar-refractivity contribution < 1.29 is 0 Å². The van der Waals surface area contributed by atoms with E-state index in [-0.39, 0.29) is 5.56 Å². The Hall–Kier alpha value is -2.39. The van der Waals surface area contributed by atoms with Crippen LogP contribution in [-0.2, 0) is 6.54 Å². The van der Waals surface area contributed by atoms with Gasteiger partial charge in [0, 0.05) is 30.3 Å². The molecule has 1 aromatic heterocycles. The molecule has 1 saturated heterocycles. The van der Waals surface area contributed by atoms with E-state index < -0.39 is 0 Å². The minimum Gasteiger partial charge on any atom is -0.316 e. The third kappa shape index (κ3) is 2.12. The number of nitrogens with one attached hydrogen (secondary N) is 1. The zero-order valence-electron chi connectivity index (χ0n) is 13.5. The molecule has 2 aliphatic heterocycles. The largest absolute Gasteiger partial charge is 0.316 e. The van der Waals surface area contributed by atoms with E-state index in [0.717, 1.165) is 30.8 Å². The van der Waals surface area contributed by atoms with E-state index in [9.17, 15) is 4.79 Å². The fourth-order valence-corrected chi connectivity index (χ4v) is 4.37. The molecule has 2 aromatic carbocycles. The Morgan fingerprint density at radius 3 is 2.75 bits per heavy atom. The van der Waals surface area contributed by atoms with Gasteiger partial charge in [-0.25, -0.2) is 0 Å². The fraction of sp³-hybridized carbons (Fsp3) is 0.286. The molecule has 0 radical (unpaired) electrons. The summed E-state index contributed by atoms with van der Waals surface area (Å²) in [7, 11) is 0. The topological polar surface area (TPSA) is 34.0 Å². The molecule has 0 amide bonds. The number of pyridine rings is 1. The molecule has 2 unspecified atom stereocenters. The third-order valence-electron chi connectivity index (χ3n) is 5.57. The molecular weight excluding hydrogens is 296 g/mol. The molecule has 1 N–H and O–H groups in total. The number of fused-ring (bicyclic) bond motifs is 5. The van der Waals surface area contributed by atoms with Gasteiger partial charge < -0.3 is 9.88 Å². The van der Waals surface area contributed by atoms with Crippen molar-refractivity contribution in [1.29, 1.82) is 0 Å². The van der Waals surface area contributed by atoms with Crippen molar-refractivity contribution in [3.63, 3.8) is 0 Å². The first kappa shape index (κ1) is 14.0. The van der Waals surface area contributed by atoms with Gasteiger partial charge in [0.1, 0.15) is 0 Å². The lowest BCUT2D eigenvalue weighted by Gasteiger charge is -2.37. The number of aromatic nitrogens is 1. The van der Waals surface area contributed by atoms with Crippen LogP contribution in [-0.4, -0.2) is 17.7 Å². The minimum absolute atomic E-state index is 0.166. The first-order chi connectivity index (χ1) is 11.8. The highest BCUT2D eigenvalue weighted by Gasteiger charge is 2.31. The predicted octanol–water partition coefficient (Wildman–Crippen LogP) is 3.38. The zero-order chi connectivity index (χ0) is 16.1. The Labute approximate surface area is 140 Å². The molecule has 0 aliphatic carbocycles. The summed E-state index contributed by atoms with van der Waals surface area (Å²) in [6.45, 7) is 2.87. The Balaban J connectivity index is 1.66. The average Bonchev–Trinajstić information content (AvgIpc) is 2.63. The van der Waals surface area contributed by atoms with Gasteiger partial charge in [0.2, 0.25) is 0 Å². The Bertz CT molecular complexity index is 989. The van der Waals surface area contributed by atoms with Crippen LogP contribution in [0.3, 0.4) is 0 Å². The van der Waals surface area contributed by atoms with Crippen LogP contribution in [0, 0.1) is 5.92 Å². The van der Waals surface area contributed by atoms with Crippen molar-refractivity contribution in [3.8, 4) is 11.1 Å². The van der Waals surface area contributed by atoms with Gasteiger partial charge in [-0.2, -0.15) is 0 Å². The summed E-state index contributed by atoms with van der Waals surface area (Å²) in [5.41, 5.74) is 3.20. The summed E-state index contributed by atoms with van der Waals surface area (Å²) in [5.74, 6) is 1.07. The van der Waals surface area contributed by atoms with E-state index in [0.29, 0.717) is 11.8 Å². The molecule has 1 fully saturated rings. The number of benzene rings is 2. The molecule has 120 valence electrons. The van der Waals surface area contributed by atoms with Crippen LogP contribution >= 0.6 is 0 Å². The second-order valence-corrected chi connectivity index (χ2v) is 7.11. The molecular formula is C21H20N2O. The molecule has 3 heteroatoms. The van der Waals surface area contributed by atoms with Crippen LogP contribution in [0.5, 0.6) is 0 Å². The number of hydrogen-bond acceptors (Lipinski definition) is 2. The first-order valence-electron chi connectivity index (χ1n) is 8.73. The maximum absolute atomic E-state index is 13.1. The number of piperidine rings is 1. The SMILES string of the molecule is O=c1c(-c2ccc3ccccc3c2)ccc2n1CC1CNCC2C1. The third-order valence-corrected chi connectivity index (χ3v) is 5.57. The average molecular weight is 316 g/mol. The van der Waals surface area contributed by atoms with Gasteiger partial charge >= 0.3 is 0 Å². The maximum atomic E-state index is 13.1. The normalized spacial score (nSPS) is 22.3. The maximum Gasteiger partial charge on any atom is 0.258 e. The highest BCUT2D eigenvalue weighted by molar-refractivity contribution is 5.87. The van der Waals surface area contributed by atoms with Crippen LogP contribution in [0.1, 0.15) is 18.0 Å². The molecule has 0 saturated carbocycles. The van der Waals surface area contributed by atoms with Gasteiger partial charge in [-0.1, -0.05) is 36.4 Å². The molecule has 2 bridgehead atoms. The molecule has 0 spiro atoms. The minimum atomic E-state index is 0.166. The second-order valence-electron chi connectivity index (χ2n) is 7.11. The summed E-state index contributed by atoms with van der Waals surface area (Å²) in [6.07, 6.45) is 1.21. The first-order valence-corrected chi connectivity index (χ1v) is 8.73. The Morgan fingerprint density at radius 2 is 1.83 bits per heavy atom. The highest BCUT2D eigenvalue weighted by Crippen LogP contribution is 2.33. The molecule has 24 heavy (non-hydrogen) atoms. The number of nitrogens with zero attached hydrogens (tertiary/aromatic N) is 1. The lowest BCUT2D eigenvalue weighted by Crippen LogP contribution is -2.45. The van der Waals surface area contributed by atoms with E-state index in [1.54, 1.807) is 0 Å². The quantitative estimate of drug-likeness (QED) is 0.747. The van der Waals surface area contributed by atoms with Crippen molar-refractivity contribution in [3.05, 3.63) is 70.6 Å². The van der Waals surface area contributed by atoms with Gasteiger partial charge in [0.05, 0.1) is 0 Å². The molecule has 3 nitrogen and oxygen atoms in total. The van der Waals surface area contributed by atoms with Crippen molar-refractivity contribution >= 4 is 10.8 Å². The predicted molar refractivity (Wildman–Crippen MR) is 97.4 cm³/mol. The van der Waals surface area contributed by atoms with E-state index in [1.807, 2.05) is 22.8 Å². The number of rotatable bonds is 1. The monoisotopic (exact) mass is 316 g/mol. The van der Waals surface area contributed by atoms with Crippen LogP contribution in [0.2, 0.25) is 0 Å². The van der Waals surface area contributed by atoms with Crippen LogP contribution < -0.4 is 10.9 Å². The lowest BCUT2D eigenvalue weighted by molar-refractivity contribution is 0.257. The fourth-order valence-electron chi connectivity index (χ4n) is 4.37. The van der Waals surface area contributed by atoms with Crippen molar-refractivity contribution in [2.45, 2.75) is 18.9 Å². The highest BCUT2D eigenvalue weighted by atomic mass is 16.1. The molecule has 2 atom stereocenters. The summed E-state index contributed by atoms with van der Waals surface area (Å²) in [6, 6.07) is 18.8. The van der Waals surface area contributed by atoms with E-state index in [2.05, 4.69) is 41.7 Å². The van der Waals surface area contributed by atoms with Gasteiger partial charge in [-0.05, 0) is 53.4 Å².